The van der Waals surface area contributed by atoms with E-state index >= 15 is 0 Å². The van der Waals surface area contributed by atoms with Crippen molar-refractivity contribution in [1.82, 2.24) is 15.4 Å². The number of benzene rings is 2. The largest absolute Gasteiger partial charge is 0.483 e. The zero-order valence-electron chi connectivity index (χ0n) is 16.9. The number of hydrazine groups is 1. The lowest BCUT2D eigenvalue weighted by Gasteiger charge is -2.13. The van der Waals surface area contributed by atoms with Crippen LogP contribution in [0.25, 0.3) is 11.1 Å². The van der Waals surface area contributed by atoms with Crippen molar-refractivity contribution >= 4 is 23.4 Å². The lowest BCUT2D eigenvalue weighted by atomic mass is 10.1. The van der Waals surface area contributed by atoms with E-state index in [-0.39, 0.29) is 0 Å². The molecule has 0 spiro atoms. The van der Waals surface area contributed by atoms with Gasteiger partial charge in [-0.25, -0.2) is 0 Å². The monoisotopic (exact) mass is 479 g/mol. The Morgan fingerprint density at radius 2 is 1.61 bits per heavy atom. The molecule has 0 saturated heterocycles. The second kappa shape index (κ2) is 10.2. The minimum atomic E-state index is -4.75. The molecule has 2 aromatic carbocycles. The third-order valence-electron chi connectivity index (χ3n) is 4.36. The minimum absolute atomic E-state index is 0.440. The van der Waals surface area contributed by atoms with Crippen LogP contribution in [0, 0.1) is 0 Å². The first-order valence-electron chi connectivity index (χ1n) is 9.47. The van der Waals surface area contributed by atoms with Gasteiger partial charge in [0, 0.05) is 11.8 Å². The molecule has 2 N–H and O–H groups in total. The summed E-state index contributed by atoms with van der Waals surface area (Å²) >= 11 is 5.54. The first kappa shape index (κ1) is 23.9. The number of carbonyl (C=O) groups is 2. The number of aromatic nitrogens is 1. The van der Waals surface area contributed by atoms with Crippen molar-refractivity contribution < 1.29 is 27.5 Å². The van der Waals surface area contributed by atoms with E-state index in [2.05, 4.69) is 5.43 Å². The Bertz CT molecular complexity index is 1210. The van der Waals surface area contributed by atoms with E-state index in [1.165, 1.54) is 0 Å². The molecule has 0 bridgehead atoms. The van der Waals surface area contributed by atoms with E-state index in [9.17, 15) is 27.6 Å². The van der Waals surface area contributed by atoms with Crippen LogP contribution < -0.4 is 21.1 Å². The van der Waals surface area contributed by atoms with Gasteiger partial charge >= 0.3 is 6.18 Å². The standard InChI is InChI=1S/C22H17ClF3N3O4/c23-17-10-15(22(24,25)26)11-29(21(17)32)12-19(30)27-28-20(31)13-33-18-9-5-4-8-16(18)14-6-2-1-3-7-14/h1-11H,12-13H2,(H,27,30)(H,28,31). The van der Waals surface area contributed by atoms with Gasteiger partial charge in [-0.15, -0.1) is 0 Å². The maximum Gasteiger partial charge on any atom is 0.417 e. The number of ether oxygens (including phenoxy) is 1. The molecule has 0 radical (unpaired) electrons. The van der Waals surface area contributed by atoms with Crippen molar-refractivity contribution in [2.24, 2.45) is 0 Å². The van der Waals surface area contributed by atoms with Gasteiger partial charge in [-0.3, -0.25) is 25.2 Å². The number of amides is 2. The van der Waals surface area contributed by atoms with Crippen LogP contribution in [-0.2, 0) is 22.3 Å². The molecule has 0 aliphatic rings. The molecule has 0 atom stereocenters. The molecule has 0 saturated carbocycles. The molecule has 3 rings (SSSR count). The van der Waals surface area contributed by atoms with Gasteiger partial charge in [0.05, 0.1) is 5.56 Å². The van der Waals surface area contributed by atoms with Crippen molar-refractivity contribution in [3.63, 3.8) is 0 Å². The normalized spacial score (nSPS) is 11.0. The SMILES string of the molecule is O=C(COc1ccccc1-c1ccccc1)NNC(=O)Cn1cc(C(F)(F)F)cc(Cl)c1=O. The Balaban J connectivity index is 1.57. The van der Waals surface area contributed by atoms with Gasteiger partial charge in [0.1, 0.15) is 17.3 Å². The molecule has 0 unspecified atom stereocenters. The number of rotatable bonds is 6. The van der Waals surface area contributed by atoms with Gasteiger partial charge in [-0.1, -0.05) is 60.1 Å². The molecule has 2 amide bonds. The lowest BCUT2D eigenvalue weighted by Crippen LogP contribution is -2.46. The highest BCUT2D eigenvalue weighted by atomic mass is 35.5. The summed E-state index contributed by atoms with van der Waals surface area (Å²) in [6, 6.07) is 16.9. The van der Waals surface area contributed by atoms with Crippen LogP contribution in [-0.4, -0.2) is 23.0 Å². The van der Waals surface area contributed by atoms with Crippen LogP contribution in [0.1, 0.15) is 5.56 Å². The predicted molar refractivity (Wildman–Crippen MR) is 114 cm³/mol. The van der Waals surface area contributed by atoms with Crippen molar-refractivity contribution in [3.8, 4) is 16.9 Å². The molecule has 1 aromatic heterocycles. The first-order chi connectivity index (χ1) is 15.6. The van der Waals surface area contributed by atoms with Crippen molar-refractivity contribution in [1.29, 1.82) is 0 Å². The summed E-state index contributed by atoms with van der Waals surface area (Å²) in [6.07, 6.45) is -4.28. The van der Waals surface area contributed by atoms with Gasteiger partial charge in [0.25, 0.3) is 17.4 Å². The van der Waals surface area contributed by atoms with Crippen LogP contribution in [0.5, 0.6) is 5.75 Å². The maximum absolute atomic E-state index is 12.9. The number of nitrogens with zero attached hydrogens (tertiary/aromatic N) is 1. The highest BCUT2D eigenvalue weighted by Gasteiger charge is 2.32. The summed E-state index contributed by atoms with van der Waals surface area (Å²) in [6.45, 7) is -1.24. The number of hydrogen-bond donors (Lipinski definition) is 2. The number of pyridine rings is 1. The molecule has 3 aromatic rings. The van der Waals surface area contributed by atoms with Gasteiger partial charge < -0.3 is 9.30 Å². The summed E-state index contributed by atoms with van der Waals surface area (Å²) in [5, 5.41) is -0.688. The second-order valence-corrected chi connectivity index (χ2v) is 7.16. The third-order valence-corrected chi connectivity index (χ3v) is 4.63. The van der Waals surface area contributed by atoms with E-state index < -0.39 is 47.3 Å². The van der Waals surface area contributed by atoms with Crippen molar-refractivity contribution in [3.05, 3.63) is 87.8 Å². The van der Waals surface area contributed by atoms with Crippen LogP contribution >= 0.6 is 11.6 Å². The van der Waals surface area contributed by atoms with E-state index in [1.807, 2.05) is 47.9 Å². The Kier molecular flexibility index (Phi) is 7.39. The molecule has 33 heavy (non-hydrogen) atoms. The summed E-state index contributed by atoms with van der Waals surface area (Å²) in [5.74, 6) is -1.22. The average Bonchev–Trinajstić information content (AvgIpc) is 2.79. The number of halogens is 4. The topological polar surface area (TPSA) is 89.4 Å². The smallest absolute Gasteiger partial charge is 0.417 e. The van der Waals surface area contributed by atoms with Crippen LogP contribution in [0.3, 0.4) is 0 Å². The average molecular weight is 480 g/mol. The summed E-state index contributed by atoms with van der Waals surface area (Å²) in [4.78, 5) is 35.9. The van der Waals surface area contributed by atoms with Crippen molar-refractivity contribution in [2.75, 3.05) is 6.61 Å². The summed E-state index contributed by atoms with van der Waals surface area (Å²) in [5.41, 5.74) is 3.57. The van der Waals surface area contributed by atoms with Crippen LogP contribution in [0.2, 0.25) is 5.02 Å². The molecule has 0 fully saturated rings. The highest BCUT2D eigenvalue weighted by Crippen LogP contribution is 2.30. The molecule has 1 heterocycles. The van der Waals surface area contributed by atoms with Gasteiger partial charge in [-0.05, 0) is 17.7 Å². The fourth-order valence-corrected chi connectivity index (χ4v) is 3.06. The molecule has 0 aliphatic heterocycles. The number of hydrogen-bond acceptors (Lipinski definition) is 4. The second-order valence-electron chi connectivity index (χ2n) is 6.75. The Hall–Kier alpha value is -3.79. The number of carbonyl (C=O) groups excluding carboxylic acids is 2. The fraction of sp³-hybridized carbons (Fsp3) is 0.136. The van der Waals surface area contributed by atoms with Gasteiger partial charge in [0.15, 0.2) is 6.61 Å². The zero-order valence-corrected chi connectivity index (χ0v) is 17.6. The third kappa shape index (κ3) is 6.36. The predicted octanol–water partition coefficient (Wildman–Crippen LogP) is 3.41. The summed E-state index contributed by atoms with van der Waals surface area (Å²) < 4.78 is 44.7. The van der Waals surface area contributed by atoms with Crippen molar-refractivity contribution in [2.45, 2.75) is 12.7 Å². The van der Waals surface area contributed by atoms with E-state index in [1.54, 1.807) is 12.1 Å². The molecule has 0 aliphatic carbocycles. The number of para-hydroxylation sites is 1. The molecular weight excluding hydrogens is 463 g/mol. The lowest BCUT2D eigenvalue weighted by molar-refractivity contribution is -0.138. The summed E-state index contributed by atoms with van der Waals surface area (Å²) in [7, 11) is 0. The first-order valence-corrected chi connectivity index (χ1v) is 9.85. The molecular formula is C22H17ClF3N3O4. The number of alkyl halides is 3. The number of nitrogens with one attached hydrogen (secondary N) is 2. The quantitative estimate of drug-likeness (QED) is 0.530. The van der Waals surface area contributed by atoms with Gasteiger partial charge in [0.2, 0.25) is 0 Å². The molecule has 172 valence electrons. The minimum Gasteiger partial charge on any atom is -0.483 e. The zero-order chi connectivity index (χ0) is 24.0. The van der Waals surface area contributed by atoms with E-state index in [4.69, 9.17) is 16.3 Å². The Morgan fingerprint density at radius 3 is 2.30 bits per heavy atom. The Labute approximate surface area is 190 Å². The fourth-order valence-electron chi connectivity index (χ4n) is 2.83. The maximum atomic E-state index is 12.9. The Morgan fingerprint density at radius 1 is 0.970 bits per heavy atom. The van der Waals surface area contributed by atoms with E-state index in [0.29, 0.717) is 22.6 Å². The highest BCUT2D eigenvalue weighted by molar-refractivity contribution is 6.30. The van der Waals surface area contributed by atoms with Gasteiger partial charge in [-0.2, -0.15) is 13.2 Å². The molecule has 11 heteroatoms. The van der Waals surface area contributed by atoms with E-state index in [0.717, 1.165) is 11.1 Å². The molecule has 7 nitrogen and oxygen atoms in total. The van der Waals surface area contributed by atoms with Crippen LogP contribution in [0.4, 0.5) is 13.2 Å². The van der Waals surface area contributed by atoms with Crippen LogP contribution in [0.15, 0.2) is 71.7 Å².